The smallest absolute Gasteiger partial charge is 0.167 e. The molecule has 0 fully saturated rings. The van der Waals surface area contributed by atoms with Gasteiger partial charge in [-0.15, -0.1) is 0 Å². The molecule has 2 aromatic carbocycles. The molecule has 0 bridgehead atoms. The van der Waals surface area contributed by atoms with Crippen LogP contribution >= 0.6 is 0 Å². The molecular formula is C17H18O3. The molecule has 3 nitrogen and oxygen atoms in total. The van der Waals surface area contributed by atoms with Gasteiger partial charge in [-0.2, -0.15) is 0 Å². The Balaban J connectivity index is 2.12. The van der Waals surface area contributed by atoms with Gasteiger partial charge < -0.3 is 9.47 Å². The second-order valence-electron chi connectivity index (χ2n) is 4.41. The van der Waals surface area contributed by atoms with Crippen LogP contribution in [0, 0.1) is 0 Å². The van der Waals surface area contributed by atoms with Crippen LogP contribution in [0.4, 0.5) is 0 Å². The molecule has 0 aliphatic rings. The van der Waals surface area contributed by atoms with Crippen molar-refractivity contribution in [3.63, 3.8) is 0 Å². The monoisotopic (exact) mass is 270 g/mol. The zero-order valence-electron chi connectivity index (χ0n) is 11.8. The van der Waals surface area contributed by atoms with E-state index in [0.29, 0.717) is 18.6 Å². The van der Waals surface area contributed by atoms with E-state index in [4.69, 9.17) is 9.47 Å². The van der Waals surface area contributed by atoms with E-state index in [9.17, 15) is 4.79 Å². The van der Waals surface area contributed by atoms with Crippen LogP contribution in [0.1, 0.15) is 22.8 Å². The average Bonchev–Trinajstić information content (AvgIpc) is 2.48. The predicted octanol–water partition coefficient (Wildman–Crippen LogP) is 3.52. The Hall–Kier alpha value is -2.29. The van der Waals surface area contributed by atoms with Gasteiger partial charge in [-0.1, -0.05) is 24.3 Å². The minimum absolute atomic E-state index is 0.0693. The summed E-state index contributed by atoms with van der Waals surface area (Å²) in [5.74, 6) is 1.56. The number of ether oxygens (including phenoxy) is 2. The fourth-order valence-electron chi connectivity index (χ4n) is 2.00. The molecule has 0 unspecified atom stereocenters. The zero-order chi connectivity index (χ0) is 14.4. The highest BCUT2D eigenvalue weighted by Gasteiger charge is 2.08. The van der Waals surface area contributed by atoms with E-state index >= 15 is 0 Å². The van der Waals surface area contributed by atoms with E-state index in [-0.39, 0.29) is 5.78 Å². The molecule has 20 heavy (non-hydrogen) atoms. The van der Waals surface area contributed by atoms with E-state index < -0.39 is 0 Å². The third-order valence-corrected chi connectivity index (χ3v) is 2.97. The second-order valence-corrected chi connectivity index (χ2v) is 4.41. The Kier molecular flexibility index (Phi) is 4.77. The fraction of sp³-hybridized carbons (Fsp3) is 0.235. The average molecular weight is 270 g/mol. The summed E-state index contributed by atoms with van der Waals surface area (Å²) in [6, 6.07) is 14.8. The maximum absolute atomic E-state index is 12.3. The summed E-state index contributed by atoms with van der Waals surface area (Å²) in [6.45, 7) is 2.51. The van der Waals surface area contributed by atoms with Crippen molar-refractivity contribution >= 4 is 5.78 Å². The lowest BCUT2D eigenvalue weighted by atomic mass is 10.0. The highest BCUT2D eigenvalue weighted by atomic mass is 16.5. The van der Waals surface area contributed by atoms with Crippen molar-refractivity contribution in [1.82, 2.24) is 0 Å². The number of hydrogen-bond donors (Lipinski definition) is 0. The lowest BCUT2D eigenvalue weighted by Gasteiger charge is -2.06. The Bertz CT molecular complexity index is 590. The molecule has 0 radical (unpaired) electrons. The van der Waals surface area contributed by atoms with E-state index in [2.05, 4.69) is 0 Å². The first kappa shape index (κ1) is 14.1. The molecular weight excluding hydrogens is 252 g/mol. The van der Waals surface area contributed by atoms with Crippen molar-refractivity contribution in [3.8, 4) is 11.5 Å². The highest BCUT2D eigenvalue weighted by molar-refractivity contribution is 5.97. The Morgan fingerprint density at radius 3 is 2.55 bits per heavy atom. The lowest BCUT2D eigenvalue weighted by molar-refractivity contribution is 0.0992. The van der Waals surface area contributed by atoms with Crippen LogP contribution in [0.3, 0.4) is 0 Å². The summed E-state index contributed by atoms with van der Waals surface area (Å²) in [4.78, 5) is 12.3. The van der Waals surface area contributed by atoms with Crippen molar-refractivity contribution in [2.24, 2.45) is 0 Å². The standard InChI is InChI=1S/C17H18O3/c1-3-20-16-9-5-7-14(12-16)17(18)11-13-6-4-8-15(10-13)19-2/h4-10,12H,3,11H2,1-2H3. The topological polar surface area (TPSA) is 35.5 Å². The highest BCUT2D eigenvalue weighted by Crippen LogP contribution is 2.17. The van der Waals surface area contributed by atoms with Crippen LogP contribution in [0.15, 0.2) is 48.5 Å². The van der Waals surface area contributed by atoms with Crippen molar-refractivity contribution in [2.75, 3.05) is 13.7 Å². The summed E-state index contributed by atoms with van der Waals surface area (Å²) < 4.78 is 10.6. The molecule has 0 atom stereocenters. The molecule has 2 rings (SSSR count). The van der Waals surface area contributed by atoms with Crippen LogP contribution in [0.5, 0.6) is 11.5 Å². The van der Waals surface area contributed by atoms with Gasteiger partial charge in [-0.3, -0.25) is 4.79 Å². The number of benzene rings is 2. The molecule has 0 aliphatic heterocycles. The van der Waals surface area contributed by atoms with Gasteiger partial charge in [0.2, 0.25) is 0 Å². The lowest BCUT2D eigenvalue weighted by Crippen LogP contribution is -2.04. The number of ketones is 1. The first-order chi connectivity index (χ1) is 9.72. The number of hydrogen-bond acceptors (Lipinski definition) is 3. The summed E-state index contributed by atoms with van der Waals surface area (Å²) in [6.07, 6.45) is 0.354. The minimum Gasteiger partial charge on any atom is -0.497 e. The quantitative estimate of drug-likeness (QED) is 0.753. The Morgan fingerprint density at radius 1 is 1.05 bits per heavy atom. The third-order valence-electron chi connectivity index (χ3n) is 2.97. The number of rotatable bonds is 6. The first-order valence-electron chi connectivity index (χ1n) is 6.62. The summed E-state index contributed by atoms with van der Waals surface area (Å²) in [7, 11) is 1.62. The largest absolute Gasteiger partial charge is 0.497 e. The molecule has 0 saturated carbocycles. The third kappa shape index (κ3) is 3.60. The SMILES string of the molecule is CCOc1cccc(C(=O)Cc2cccc(OC)c2)c1. The number of carbonyl (C=O) groups is 1. The molecule has 2 aromatic rings. The van der Waals surface area contributed by atoms with Gasteiger partial charge in [0.1, 0.15) is 11.5 Å². The van der Waals surface area contributed by atoms with Crippen LogP contribution in [0.25, 0.3) is 0 Å². The van der Waals surface area contributed by atoms with Crippen molar-refractivity contribution in [2.45, 2.75) is 13.3 Å². The van der Waals surface area contributed by atoms with Gasteiger partial charge in [0.05, 0.1) is 13.7 Å². The molecule has 0 amide bonds. The van der Waals surface area contributed by atoms with Crippen LogP contribution in [0.2, 0.25) is 0 Å². The van der Waals surface area contributed by atoms with Crippen LogP contribution in [-0.2, 0) is 6.42 Å². The van der Waals surface area contributed by atoms with Crippen molar-refractivity contribution in [1.29, 1.82) is 0 Å². The zero-order valence-corrected chi connectivity index (χ0v) is 11.8. The fourth-order valence-corrected chi connectivity index (χ4v) is 2.00. The van der Waals surface area contributed by atoms with Gasteiger partial charge in [0.15, 0.2) is 5.78 Å². The second kappa shape index (κ2) is 6.75. The van der Waals surface area contributed by atoms with Crippen LogP contribution in [-0.4, -0.2) is 19.5 Å². The van der Waals surface area contributed by atoms with E-state index in [1.165, 1.54) is 0 Å². The maximum atomic E-state index is 12.3. The molecule has 0 N–H and O–H groups in total. The summed E-state index contributed by atoms with van der Waals surface area (Å²) in [5, 5.41) is 0. The number of Topliss-reactive ketones (excluding diaryl/α,β-unsaturated/α-hetero) is 1. The molecule has 3 heteroatoms. The molecule has 0 aromatic heterocycles. The molecule has 0 spiro atoms. The Labute approximate surface area is 119 Å². The maximum Gasteiger partial charge on any atom is 0.167 e. The number of methoxy groups -OCH3 is 1. The van der Waals surface area contributed by atoms with Crippen molar-refractivity contribution < 1.29 is 14.3 Å². The molecule has 0 saturated heterocycles. The Morgan fingerprint density at radius 2 is 1.80 bits per heavy atom. The molecule has 0 heterocycles. The predicted molar refractivity (Wildman–Crippen MR) is 78.6 cm³/mol. The normalized spacial score (nSPS) is 10.1. The minimum atomic E-state index is 0.0693. The van der Waals surface area contributed by atoms with E-state index in [0.717, 1.165) is 17.1 Å². The van der Waals surface area contributed by atoms with Gasteiger partial charge in [-0.25, -0.2) is 0 Å². The first-order valence-corrected chi connectivity index (χ1v) is 6.62. The van der Waals surface area contributed by atoms with E-state index in [1.807, 2.05) is 49.4 Å². The van der Waals surface area contributed by atoms with Crippen LogP contribution < -0.4 is 9.47 Å². The van der Waals surface area contributed by atoms with Gasteiger partial charge >= 0.3 is 0 Å². The van der Waals surface area contributed by atoms with Gasteiger partial charge in [0.25, 0.3) is 0 Å². The van der Waals surface area contributed by atoms with E-state index in [1.54, 1.807) is 13.2 Å². The van der Waals surface area contributed by atoms with Gasteiger partial charge in [-0.05, 0) is 36.8 Å². The summed E-state index contributed by atoms with van der Waals surface area (Å²) in [5.41, 5.74) is 1.61. The molecule has 0 aliphatic carbocycles. The number of carbonyl (C=O) groups excluding carboxylic acids is 1. The summed E-state index contributed by atoms with van der Waals surface area (Å²) >= 11 is 0. The molecule has 104 valence electrons. The van der Waals surface area contributed by atoms with Crippen molar-refractivity contribution in [3.05, 3.63) is 59.7 Å². The van der Waals surface area contributed by atoms with Gasteiger partial charge in [0, 0.05) is 12.0 Å².